The third kappa shape index (κ3) is 2.19. The van der Waals surface area contributed by atoms with Crippen LogP contribution in [0.15, 0.2) is 47.3 Å². The molecule has 0 aliphatic rings. The summed E-state index contributed by atoms with van der Waals surface area (Å²) in [7, 11) is 0. The number of pyridine rings is 1. The van der Waals surface area contributed by atoms with Gasteiger partial charge in [0, 0.05) is 16.6 Å². The molecule has 0 saturated heterocycles. The Hall–Kier alpha value is -2.88. The summed E-state index contributed by atoms with van der Waals surface area (Å²) in [6.07, 6.45) is 0. The molecule has 0 radical (unpaired) electrons. The normalized spacial score (nSPS) is 10.8. The molecule has 0 unspecified atom stereocenters. The lowest BCUT2D eigenvalue weighted by molar-refractivity contribution is 0.0698. The molecule has 0 aliphatic carbocycles. The lowest BCUT2D eigenvalue weighted by Crippen LogP contribution is -2.12. The van der Waals surface area contributed by atoms with Crippen molar-refractivity contribution in [3.05, 3.63) is 69.5 Å². The summed E-state index contributed by atoms with van der Waals surface area (Å²) >= 11 is 0. The van der Waals surface area contributed by atoms with E-state index in [1.165, 1.54) is 0 Å². The number of nitrogens with one attached hydrogen (secondary N) is 1. The molecular weight excluding hydrogens is 278 g/mol. The number of aromatic carboxylic acids is 1. The van der Waals surface area contributed by atoms with Gasteiger partial charge in [-0.05, 0) is 37.1 Å². The monoisotopic (exact) mass is 293 g/mol. The summed E-state index contributed by atoms with van der Waals surface area (Å²) in [5.74, 6) is -1.05. The Balaban J connectivity index is 2.45. The van der Waals surface area contributed by atoms with Crippen molar-refractivity contribution in [2.75, 3.05) is 0 Å². The van der Waals surface area contributed by atoms with E-state index in [-0.39, 0.29) is 11.0 Å². The molecule has 2 N–H and O–H groups in total. The Labute approximate surface area is 127 Å². The summed E-state index contributed by atoms with van der Waals surface area (Å²) < 4.78 is 0. The molecule has 2 aromatic carbocycles. The fourth-order valence-electron chi connectivity index (χ4n) is 2.78. The fourth-order valence-corrected chi connectivity index (χ4v) is 2.78. The Morgan fingerprint density at radius 1 is 1.09 bits per heavy atom. The van der Waals surface area contributed by atoms with Crippen molar-refractivity contribution in [3.8, 4) is 11.1 Å². The highest BCUT2D eigenvalue weighted by molar-refractivity contribution is 6.03. The number of aryl methyl sites for hydroxylation is 2. The molecule has 0 atom stereocenters. The quantitative estimate of drug-likeness (QED) is 0.759. The van der Waals surface area contributed by atoms with E-state index in [0.717, 1.165) is 11.1 Å². The Morgan fingerprint density at radius 2 is 1.77 bits per heavy atom. The molecule has 0 aliphatic heterocycles. The second kappa shape index (κ2) is 5.15. The van der Waals surface area contributed by atoms with Crippen LogP contribution < -0.4 is 5.43 Å². The number of fused-ring (bicyclic) bond motifs is 1. The summed E-state index contributed by atoms with van der Waals surface area (Å²) in [5.41, 5.74) is 3.16. The number of carboxylic acid groups (broad SMARTS) is 1. The van der Waals surface area contributed by atoms with E-state index < -0.39 is 5.97 Å². The van der Waals surface area contributed by atoms with Gasteiger partial charge >= 0.3 is 5.97 Å². The van der Waals surface area contributed by atoms with Crippen LogP contribution in [0.4, 0.5) is 0 Å². The number of benzene rings is 2. The van der Waals surface area contributed by atoms with Crippen molar-refractivity contribution in [3.63, 3.8) is 0 Å². The van der Waals surface area contributed by atoms with Crippen LogP contribution in [0.25, 0.3) is 22.0 Å². The first-order chi connectivity index (χ1) is 10.5. The van der Waals surface area contributed by atoms with Gasteiger partial charge in [-0.15, -0.1) is 0 Å². The molecule has 0 saturated carbocycles. The molecule has 1 heterocycles. The van der Waals surface area contributed by atoms with Gasteiger partial charge < -0.3 is 10.1 Å². The van der Waals surface area contributed by atoms with Gasteiger partial charge in [0.05, 0.1) is 11.1 Å². The summed E-state index contributed by atoms with van der Waals surface area (Å²) in [6, 6.07) is 12.7. The first kappa shape index (κ1) is 14.1. The first-order valence-electron chi connectivity index (χ1n) is 6.95. The van der Waals surface area contributed by atoms with Gasteiger partial charge in [0.1, 0.15) is 0 Å². The molecule has 4 heteroatoms. The van der Waals surface area contributed by atoms with Gasteiger partial charge in [0.2, 0.25) is 0 Å². The van der Waals surface area contributed by atoms with E-state index in [9.17, 15) is 14.7 Å². The maximum atomic E-state index is 12.9. The summed E-state index contributed by atoms with van der Waals surface area (Å²) in [4.78, 5) is 27.4. The number of hydrogen-bond donors (Lipinski definition) is 2. The fraction of sp³-hybridized carbons (Fsp3) is 0.111. The summed E-state index contributed by atoms with van der Waals surface area (Å²) in [6.45, 7) is 3.57. The zero-order valence-corrected chi connectivity index (χ0v) is 12.3. The molecule has 1 aromatic heterocycles. The maximum Gasteiger partial charge on any atom is 0.337 e. The highest BCUT2D eigenvalue weighted by Gasteiger charge is 2.16. The molecule has 3 rings (SSSR count). The molecule has 0 amide bonds. The number of aromatic nitrogens is 1. The number of aromatic amines is 1. The molecule has 0 fully saturated rings. The van der Waals surface area contributed by atoms with E-state index in [2.05, 4.69) is 4.98 Å². The predicted octanol–water partition coefficient (Wildman–Crippen LogP) is 3.51. The highest BCUT2D eigenvalue weighted by atomic mass is 16.4. The Bertz CT molecular complexity index is 940. The lowest BCUT2D eigenvalue weighted by atomic mass is 9.98. The lowest BCUT2D eigenvalue weighted by Gasteiger charge is -2.11. The number of carbonyl (C=O) groups is 1. The maximum absolute atomic E-state index is 12.9. The van der Waals surface area contributed by atoms with E-state index in [0.29, 0.717) is 22.2 Å². The van der Waals surface area contributed by atoms with E-state index in [4.69, 9.17) is 0 Å². The number of rotatable bonds is 2. The molecule has 4 nitrogen and oxygen atoms in total. The minimum Gasteiger partial charge on any atom is -0.478 e. The van der Waals surface area contributed by atoms with Crippen molar-refractivity contribution < 1.29 is 9.90 Å². The number of H-pyrrole nitrogens is 1. The standard InChI is InChI=1S/C18H15NO3/c1-10-8-13-16(14(9-10)18(21)22)19-11(2)15(17(13)20)12-6-4-3-5-7-12/h3-9H,1-2H3,(H,19,20)(H,21,22). The second-order valence-electron chi connectivity index (χ2n) is 5.36. The average Bonchev–Trinajstić information content (AvgIpc) is 2.48. The van der Waals surface area contributed by atoms with Crippen molar-refractivity contribution in [1.82, 2.24) is 4.98 Å². The van der Waals surface area contributed by atoms with E-state index >= 15 is 0 Å². The van der Waals surface area contributed by atoms with Crippen LogP contribution in [0, 0.1) is 13.8 Å². The van der Waals surface area contributed by atoms with Gasteiger partial charge in [0.25, 0.3) is 0 Å². The van der Waals surface area contributed by atoms with Crippen LogP contribution in [-0.4, -0.2) is 16.1 Å². The van der Waals surface area contributed by atoms with Crippen LogP contribution in [0.2, 0.25) is 0 Å². The van der Waals surface area contributed by atoms with E-state index in [1.807, 2.05) is 30.3 Å². The number of hydrogen-bond acceptors (Lipinski definition) is 2. The Morgan fingerprint density at radius 3 is 2.41 bits per heavy atom. The van der Waals surface area contributed by atoms with Gasteiger partial charge in [0.15, 0.2) is 5.43 Å². The minimum atomic E-state index is -1.05. The molecular formula is C18H15NO3. The zero-order chi connectivity index (χ0) is 15.9. The van der Waals surface area contributed by atoms with Crippen molar-refractivity contribution in [1.29, 1.82) is 0 Å². The van der Waals surface area contributed by atoms with Crippen LogP contribution >= 0.6 is 0 Å². The average molecular weight is 293 g/mol. The highest BCUT2D eigenvalue weighted by Crippen LogP contribution is 2.24. The zero-order valence-electron chi connectivity index (χ0n) is 12.3. The topological polar surface area (TPSA) is 70.2 Å². The van der Waals surface area contributed by atoms with Crippen LogP contribution in [0.1, 0.15) is 21.6 Å². The van der Waals surface area contributed by atoms with Gasteiger partial charge in [-0.3, -0.25) is 4.79 Å². The third-order valence-electron chi connectivity index (χ3n) is 3.73. The van der Waals surface area contributed by atoms with Gasteiger partial charge in [-0.1, -0.05) is 30.3 Å². The van der Waals surface area contributed by atoms with Crippen molar-refractivity contribution >= 4 is 16.9 Å². The number of carboxylic acids is 1. The second-order valence-corrected chi connectivity index (χ2v) is 5.36. The predicted molar refractivity (Wildman–Crippen MR) is 86.4 cm³/mol. The minimum absolute atomic E-state index is 0.120. The SMILES string of the molecule is Cc1cc(C(=O)O)c2[nH]c(C)c(-c3ccccc3)c(=O)c2c1. The smallest absolute Gasteiger partial charge is 0.337 e. The van der Waals surface area contributed by atoms with Crippen molar-refractivity contribution in [2.45, 2.75) is 13.8 Å². The Kier molecular flexibility index (Phi) is 3.29. The molecule has 0 spiro atoms. The molecule has 110 valence electrons. The summed E-state index contributed by atoms with van der Waals surface area (Å²) in [5, 5.41) is 9.76. The molecule has 0 bridgehead atoms. The first-order valence-corrected chi connectivity index (χ1v) is 6.95. The third-order valence-corrected chi connectivity index (χ3v) is 3.73. The van der Waals surface area contributed by atoms with Gasteiger partial charge in [-0.25, -0.2) is 4.79 Å². The van der Waals surface area contributed by atoms with Crippen LogP contribution in [0.5, 0.6) is 0 Å². The van der Waals surface area contributed by atoms with E-state index in [1.54, 1.807) is 26.0 Å². The van der Waals surface area contributed by atoms with Crippen LogP contribution in [0.3, 0.4) is 0 Å². The van der Waals surface area contributed by atoms with Crippen molar-refractivity contribution in [2.24, 2.45) is 0 Å². The molecule has 22 heavy (non-hydrogen) atoms. The largest absolute Gasteiger partial charge is 0.478 e. The molecule has 3 aromatic rings. The van der Waals surface area contributed by atoms with Gasteiger partial charge in [-0.2, -0.15) is 0 Å². The van der Waals surface area contributed by atoms with Crippen LogP contribution in [-0.2, 0) is 0 Å².